The van der Waals surface area contributed by atoms with Crippen LogP contribution < -0.4 is 14.4 Å². The van der Waals surface area contributed by atoms with Crippen molar-refractivity contribution in [1.82, 2.24) is 4.98 Å². The number of rotatable bonds is 4. The number of fused-ring (bicyclic) bond motifs is 1. The van der Waals surface area contributed by atoms with Crippen molar-refractivity contribution in [3.05, 3.63) is 89.3 Å². The zero-order chi connectivity index (χ0) is 22.2. The van der Waals surface area contributed by atoms with Gasteiger partial charge in [-0.05, 0) is 60.0 Å². The molecule has 2 aliphatic rings. The van der Waals surface area contributed by atoms with Gasteiger partial charge in [0.15, 0.2) is 11.5 Å². The van der Waals surface area contributed by atoms with Crippen LogP contribution in [0.25, 0.3) is 5.76 Å². The maximum atomic E-state index is 13.2. The Kier molecular flexibility index (Phi) is 4.86. The van der Waals surface area contributed by atoms with Crippen LogP contribution in [0.2, 0.25) is 0 Å². The quantitative estimate of drug-likeness (QED) is 0.384. The van der Waals surface area contributed by atoms with E-state index in [2.05, 4.69) is 4.98 Å². The summed E-state index contributed by atoms with van der Waals surface area (Å²) in [7, 11) is 0. The SMILES string of the molecule is CCc1ccc(N2C(=O)C(=O)/C(=C(\O)c3ccc4c(c3)OCO4)C2c2ccncc2)cc1. The molecule has 1 aromatic heterocycles. The Morgan fingerprint density at radius 3 is 2.47 bits per heavy atom. The van der Waals surface area contributed by atoms with Crippen LogP contribution in [-0.2, 0) is 16.0 Å². The molecule has 0 bridgehead atoms. The number of anilines is 1. The first-order chi connectivity index (χ1) is 15.6. The fraction of sp³-hybridized carbons (Fsp3) is 0.160. The summed E-state index contributed by atoms with van der Waals surface area (Å²) >= 11 is 0. The van der Waals surface area contributed by atoms with Crippen molar-refractivity contribution in [2.45, 2.75) is 19.4 Å². The largest absolute Gasteiger partial charge is 0.507 e. The van der Waals surface area contributed by atoms with Gasteiger partial charge in [0.05, 0.1) is 11.6 Å². The summed E-state index contributed by atoms with van der Waals surface area (Å²) in [6.07, 6.45) is 4.05. The predicted octanol–water partition coefficient (Wildman–Crippen LogP) is 4.00. The summed E-state index contributed by atoms with van der Waals surface area (Å²) in [6, 6.07) is 15.1. The highest BCUT2D eigenvalue weighted by molar-refractivity contribution is 6.51. The van der Waals surface area contributed by atoms with E-state index in [9.17, 15) is 14.7 Å². The highest BCUT2D eigenvalue weighted by atomic mass is 16.7. The molecule has 1 saturated heterocycles. The molecule has 2 aromatic carbocycles. The lowest BCUT2D eigenvalue weighted by molar-refractivity contribution is -0.132. The Hall–Kier alpha value is -4.13. The van der Waals surface area contributed by atoms with Crippen LogP contribution in [0.15, 0.2) is 72.6 Å². The van der Waals surface area contributed by atoms with E-state index in [0.717, 1.165) is 12.0 Å². The predicted molar refractivity (Wildman–Crippen MR) is 117 cm³/mol. The lowest BCUT2D eigenvalue weighted by Gasteiger charge is -2.25. The van der Waals surface area contributed by atoms with Crippen LogP contribution in [0.5, 0.6) is 11.5 Å². The minimum atomic E-state index is -0.795. The van der Waals surface area contributed by atoms with Crippen molar-refractivity contribution in [3.8, 4) is 11.5 Å². The Morgan fingerprint density at radius 2 is 1.75 bits per heavy atom. The molecular formula is C25H20N2O5. The molecule has 0 radical (unpaired) electrons. The van der Waals surface area contributed by atoms with Crippen LogP contribution in [0.3, 0.4) is 0 Å². The van der Waals surface area contributed by atoms with Crippen molar-refractivity contribution >= 4 is 23.1 Å². The average Bonchev–Trinajstić information content (AvgIpc) is 3.41. The highest BCUT2D eigenvalue weighted by Crippen LogP contribution is 2.43. The number of aryl methyl sites for hydroxylation is 1. The second-order valence-corrected chi connectivity index (χ2v) is 7.54. The summed E-state index contributed by atoms with van der Waals surface area (Å²) in [4.78, 5) is 31.8. The lowest BCUT2D eigenvalue weighted by Crippen LogP contribution is -2.29. The van der Waals surface area contributed by atoms with E-state index in [-0.39, 0.29) is 18.1 Å². The number of nitrogens with zero attached hydrogens (tertiary/aromatic N) is 2. The number of aliphatic hydroxyl groups is 1. The fourth-order valence-electron chi connectivity index (χ4n) is 4.05. The summed E-state index contributed by atoms with van der Waals surface area (Å²) in [6.45, 7) is 2.14. The van der Waals surface area contributed by atoms with Gasteiger partial charge in [-0.15, -0.1) is 0 Å². The molecule has 160 valence electrons. The lowest BCUT2D eigenvalue weighted by atomic mass is 9.95. The van der Waals surface area contributed by atoms with E-state index in [0.29, 0.717) is 28.3 Å². The minimum Gasteiger partial charge on any atom is -0.507 e. The zero-order valence-corrected chi connectivity index (χ0v) is 17.3. The molecular weight excluding hydrogens is 408 g/mol. The van der Waals surface area contributed by atoms with Gasteiger partial charge in [0.25, 0.3) is 11.7 Å². The number of aliphatic hydroxyl groups excluding tert-OH is 1. The number of benzene rings is 2. The second-order valence-electron chi connectivity index (χ2n) is 7.54. The smallest absolute Gasteiger partial charge is 0.300 e. The van der Waals surface area contributed by atoms with Gasteiger partial charge >= 0.3 is 0 Å². The van der Waals surface area contributed by atoms with Crippen LogP contribution in [-0.4, -0.2) is 28.6 Å². The van der Waals surface area contributed by atoms with Crippen molar-refractivity contribution in [2.75, 3.05) is 11.7 Å². The third-order valence-corrected chi connectivity index (χ3v) is 5.74. The zero-order valence-electron chi connectivity index (χ0n) is 17.3. The molecule has 2 aliphatic heterocycles. The molecule has 7 nitrogen and oxygen atoms in total. The van der Waals surface area contributed by atoms with Gasteiger partial charge in [0, 0.05) is 23.6 Å². The van der Waals surface area contributed by atoms with Crippen molar-refractivity contribution in [3.63, 3.8) is 0 Å². The normalized spacial score (nSPS) is 18.9. The average molecular weight is 428 g/mol. The molecule has 5 rings (SSSR count). The first-order valence-electron chi connectivity index (χ1n) is 10.3. The fourth-order valence-corrected chi connectivity index (χ4v) is 4.05. The van der Waals surface area contributed by atoms with Gasteiger partial charge < -0.3 is 14.6 Å². The minimum absolute atomic E-state index is 0.0135. The van der Waals surface area contributed by atoms with Crippen molar-refractivity contribution in [2.24, 2.45) is 0 Å². The van der Waals surface area contributed by atoms with Crippen molar-refractivity contribution < 1.29 is 24.2 Å². The molecule has 1 amide bonds. The summed E-state index contributed by atoms with van der Waals surface area (Å²) < 4.78 is 10.7. The van der Waals surface area contributed by atoms with E-state index < -0.39 is 17.7 Å². The number of ether oxygens (including phenoxy) is 2. The maximum Gasteiger partial charge on any atom is 0.300 e. The van der Waals surface area contributed by atoms with Crippen LogP contribution in [0.1, 0.15) is 29.7 Å². The van der Waals surface area contributed by atoms with Gasteiger partial charge in [-0.3, -0.25) is 19.5 Å². The molecule has 7 heteroatoms. The summed E-state index contributed by atoms with van der Waals surface area (Å²) in [5.74, 6) is -0.682. The molecule has 1 unspecified atom stereocenters. The van der Waals surface area contributed by atoms with E-state index in [4.69, 9.17) is 9.47 Å². The third kappa shape index (κ3) is 3.19. The van der Waals surface area contributed by atoms with E-state index in [1.54, 1.807) is 42.7 Å². The number of carbonyl (C=O) groups is 2. The van der Waals surface area contributed by atoms with E-state index in [1.165, 1.54) is 4.90 Å². The molecule has 0 spiro atoms. The Balaban J connectivity index is 1.67. The van der Waals surface area contributed by atoms with E-state index in [1.807, 2.05) is 31.2 Å². The number of aromatic nitrogens is 1. The van der Waals surface area contributed by atoms with Gasteiger partial charge in [-0.25, -0.2) is 0 Å². The first kappa shape index (κ1) is 19.8. The Morgan fingerprint density at radius 1 is 1.03 bits per heavy atom. The van der Waals surface area contributed by atoms with Crippen LogP contribution in [0.4, 0.5) is 5.69 Å². The summed E-state index contributed by atoms with van der Waals surface area (Å²) in [5, 5.41) is 11.2. The van der Waals surface area contributed by atoms with E-state index >= 15 is 0 Å². The van der Waals surface area contributed by atoms with Crippen LogP contribution in [0, 0.1) is 0 Å². The summed E-state index contributed by atoms with van der Waals surface area (Å²) in [5.41, 5.74) is 2.75. The number of ketones is 1. The Bertz CT molecular complexity index is 1230. The number of hydrogen-bond donors (Lipinski definition) is 1. The van der Waals surface area contributed by atoms with Gasteiger partial charge in [0.1, 0.15) is 5.76 Å². The highest BCUT2D eigenvalue weighted by Gasteiger charge is 2.47. The number of hydrogen-bond acceptors (Lipinski definition) is 6. The number of amides is 1. The maximum absolute atomic E-state index is 13.2. The Labute approximate surface area is 184 Å². The van der Waals surface area contributed by atoms with Crippen molar-refractivity contribution in [1.29, 1.82) is 0 Å². The molecule has 0 aliphatic carbocycles. The standard InChI is InChI=1S/C25H20N2O5/c1-2-15-3-6-18(7-4-15)27-22(16-9-11-26-12-10-16)21(24(29)25(27)30)23(28)17-5-8-19-20(13-17)32-14-31-19/h3-13,22,28H,2,14H2,1H3/b23-21-. The molecule has 0 saturated carbocycles. The number of pyridine rings is 1. The molecule has 1 atom stereocenters. The number of carbonyl (C=O) groups excluding carboxylic acids is 2. The first-order valence-corrected chi connectivity index (χ1v) is 10.3. The molecule has 32 heavy (non-hydrogen) atoms. The topological polar surface area (TPSA) is 89.0 Å². The van der Waals surface area contributed by atoms with Gasteiger partial charge in [-0.2, -0.15) is 0 Å². The molecule has 3 aromatic rings. The monoisotopic (exact) mass is 428 g/mol. The molecule has 1 fully saturated rings. The third-order valence-electron chi connectivity index (χ3n) is 5.74. The molecule has 1 N–H and O–H groups in total. The molecule has 3 heterocycles. The second kappa shape index (κ2) is 7.85. The van der Waals surface area contributed by atoms with Crippen LogP contribution >= 0.6 is 0 Å². The van der Waals surface area contributed by atoms with Gasteiger partial charge in [-0.1, -0.05) is 19.1 Å². The number of Topliss-reactive ketones (excluding diaryl/α,β-unsaturated/α-hetero) is 1. The van der Waals surface area contributed by atoms with Gasteiger partial charge in [0.2, 0.25) is 6.79 Å².